The minimum Gasteiger partial charge on any atom is -0.481 e. The number of aliphatic carboxylic acids is 1. The lowest BCUT2D eigenvalue weighted by atomic mass is 9.72. The number of rotatable bonds is 5. The Morgan fingerprint density at radius 2 is 1.72 bits per heavy atom. The zero-order valence-corrected chi connectivity index (χ0v) is 14.1. The Morgan fingerprint density at radius 1 is 1.12 bits per heavy atom. The molecule has 1 N–H and O–H groups in total. The topological polar surface area (TPSA) is 66.8 Å². The average molecular weight is 339 g/mol. The van der Waals surface area contributed by atoms with Gasteiger partial charge in [0.2, 0.25) is 0 Å². The van der Waals surface area contributed by atoms with Crippen molar-refractivity contribution in [3.8, 4) is 0 Å². The molecule has 2 atom stereocenters. The van der Waals surface area contributed by atoms with Gasteiger partial charge in [0.1, 0.15) is 5.41 Å². The summed E-state index contributed by atoms with van der Waals surface area (Å²) in [5.74, 6) is -2.23. The van der Waals surface area contributed by atoms with Gasteiger partial charge in [-0.25, -0.2) is 0 Å². The predicted molar refractivity (Wildman–Crippen MR) is 93.0 cm³/mol. The summed E-state index contributed by atoms with van der Waals surface area (Å²) >= 11 is 0. The average Bonchev–Trinajstić information content (AvgIpc) is 3.03. The first-order valence-electron chi connectivity index (χ1n) is 8.21. The molecule has 0 aromatic heterocycles. The van der Waals surface area contributed by atoms with Gasteiger partial charge < -0.3 is 9.84 Å². The number of carboxylic acids is 1. The minimum atomic E-state index is -1.30. The molecule has 0 saturated carbocycles. The summed E-state index contributed by atoms with van der Waals surface area (Å²) < 4.78 is 4.93. The van der Waals surface area contributed by atoms with E-state index in [1.165, 1.54) is 7.11 Å². The molecule has 2 aromatic carbocycles. The molecule has 1 aliphatic heterocycles. The van der Waals surface area contributed by atoms with E-state index in [1.807, 2.05) is 41.3 Å². The van der Waals surface area contributed by atoms with Gasteiger partial charge in [-0.15, -0.1) is 0 Å². The van der Waals surface area contributed by atoms with Crippen LogP contribution in [0.15, 0.2) is 60.7 Å². The highest BCUT2D eigenvalue weighted by atomic mass is 16.5. The smallest absolute Gasteiger partial charge is 0.316 e. The molecule has 1 saturated heterocycles. The quantitative estimate of drug-likeness (QED) is 0.847. The molecule has 1 aliphatic rings. The number of carboxylic acid groups (broad SMARTS) is 1. The third-order valence-corrected chi connectivity index (χ3v) is 4.91. The van der Waals surface area contributed by atoms with Gasteiger partial charge in [0.05, 0.1) is 13.0 Å². The van der Waals surface area contributed by atoms with Crippen molar-refractivity contribution in [1.82, 2.24) is 4.90 Å². The maximum atomic E-state index is 12.4. The highest BCUT2D eigenvalue weighted by Crippen LogP contribution is 2.41. The molecule has 5 nitrogen and oxygen atoms in total. The van der Waals surface area contributed by atoms with Gasteiger partial charge in [0, 0.05) is 19.6 Å². The predicted octanol–water partition coefficient (Wildman–Crippen LogP) is 2.31. The second-order valence-corrected chi connectivity index (χ2v) is 6.37. The van der Waals surface area contributed by atoms with Crippen molar-refractivity contribution in [3.05, 3.63) is 71.8 Å². The van der Waals surface area contributed by atoms with Crippen LogP contribution < -0.4 is 0 Å². The molecule has 130 valence electrons. The Bertz CT molecular complexity index is 747. The van der Waals surface area contributed by atoms with Crippen LogP contribution in [0, 0.1) is 5.92 Å². The number of carbonyl (C=O) groups excluding carboxylic acids is 1. The van der Waals surface area contributed by atoms with Crippen LogP contribution in [0.5, 0.6) is 0 Å². The molecular formula is C20H21NO4. The molecule has 0 spiro atoms. The van der Waals surface area contributed by atoms with Crippen molar-refractivity contribution in [3.63, 3.8) is 0 Å². The first-order chi connectivity index (χ1) is 12.1. The van der Waals surface area contributed by atoms with Crippen molar-refractivity contribution in [2.45, 2.75) is 12.0 Å². The molecule has 1 fully saturated rings. The van der Waals surface area contributed by atoms with Crippen LogP contribution >= 0.6 is 0 Å². The summed E-state index contributed by atoms with van der Waals surface area (Å²) in [5.41, 5.74) is 0.414. The monoisotopic (exact) mass is 339 g/mol. The van der Waals surface area contributed by atoms with E-state index >= 15 is 0 Å². The van der Waals surface area contributed by atoms with Crippen LogP contribution in [0.25, 0.3) is 0 Å². The number of carbonyl (C=O) groups is 2. The van der Waals surface area contributed by atoms with Crippen LogP contribution in [-0.2, 0) is 26.3 Å². The van der Waals surface area contributed by atoms with Crippen molar-refractivity contribution in [2.75, 3.05) is 20.2 Å². The van der Waals surface area contributed by atoms with Gasteiger partial charge in [-0.2, -0.15) is 0 Å². The van der Waals surface area contributed by atoms with Crippen LogP contribution in [0.2, 0.25) is 0 Å². The van der Waals surface area contributed by atoms with E-state index in [0.717, 1.165) is 5.56 Å². The van der Waals surface area contributed by atoms with E-state index < -0.39 is 23.3 Å². The summed E-state index contributed by atoms with van der Waals surface area (Å²) in [6, 6.07) is 18.8. The van der Waals surface area contributed by atoms with Crippen molar-refractivity contribution >= 4 is 11.9 Å². The molecule has 0 aliphatic carbocycles. The summed E-state index contributed by atoms with van der Waals surface area (Å²) in [4.78, 5) is 26.7. The Balaban J connectivity index is 1.99. The molecule has 5 heteroatoms. The third-order valence-electron chi connectivity index (χ3n) is 4.91. The van der Waals surface area contributed by atoms with Crippen LogP contribution in [0.4, 0.5) is 0 Å². The van der Waals surface area contributed by atoms with E-state index in [1.54, 1.807) is 24.3 Å². The standard InChI is InChI=1S/C20H21NO4/c1-25-18(22)17-13-21(12-15-8-4-2-5-9-15)14-20(17,19(23)24)16-10-6-3-7-11-16/h2-11,17H,12-14H2,1H3,(H,23,24). The SMILES string of the molecule is COC(=O)C1CN(Cc2ccccc2)CC1(C(=O)O)c1ccccc1. The molecule has 3 rings (SSSR count). The third kappa shape index (κ3) is 3.15. The van der Waals surface area contributed by atoms with Gasteiger partial charge in [0.25, 0.3) is 0 Å². The number of esters is 1. The lowest BCUT2D eigenvalue weighted by molar-refractivity contribution is -0.155. The van der Waals surface area contributed by atoms with Gasteiger partial charge in [-0.1, -0.05) is 60.7 Å². The second-order valence-electron chi connectivity index (χ2n) is 6.37. The number of benzene rings is 2. The Morgan fingerprint density at radius 3 is 2.28 bits per heavy atom. The molecule has 2 unspecified atom stereocenters. The maximum Gasteiger partial charge on any atom is 0.316 e. The maximum absolute atomic E-state index is 12.4. The van der Waals surface area contributed by atoms with Crippen molar-refractivity contribution < 1.29 is 19.4 Å². The van der Waals surface area contributed by atoms with E-state index in [9.17, 15) is 14.7 Å². The van der Waals surface area contributed by atoms with E-state index in [4.69, 9.17) is 4.74 Å². The lowest BCUT2D eigenvalue weighted by Crippen LogP contribution is -2.46. The largest absolute Gasteiger partial charge is 0.481 e. The number of methoxy groups -OCH3 is 1. The number of nitrogens with zero attached hydrogens (tertiary/aromatic N) is 1. The van der Waals surface area contributed by atoms with E-state index in [-0.39, 0.29) is 6.54 Å². The van der Waals surface area contributed by atoms with Crippen LogP contribution in [-0.4, -0.2) is 42.1 Å². The fourth-order valence-corrected chi connectivity index (χ4v) is 3.69. The summed E-state index contributed by atoms with van der Waals surface area (Å²) in [6.45, 7) is 1.21. The summed E-state index contributed by atoms with van der Waals surface area (Å²) in [5, 5.41) is 10.1. The zero-order chi connectivity index (χ0) is 17.9. The highest BCUT2D eigenvalue weighted by molar-refractivity contribution is 5.90. The summed E-state index contributed by atoms with van der Waals surface area (Å²) in [7, 11) is 1.31. The van der Waals surface area contributed by atoms with Crippen molar-refractivity contribution in [2.24, 2.45) is 5.92 Å². The van der Waals surface area contributed by atoms with Gasteiger partial charge >= 0.3 is 11.9 Å². The molecule has 25 heavy (non-hydrogen) atoms. The Labute approximate surface area is 146 Å². The second kappa shape index (κ2) is 7.07. The highest BCUT2D eigenvalue weighted by Gasteiger charge is 2.57. The van der Waals surface area contributed by atoms with Crippen LogP contribution in [0.3, 0.4) is 0 Å². The van der Waals surface area contributed by atoms with E-state index in [0.29, 0.717) is 18.7 Å². The first kappa shape index (κ1) is 17.2. The van der Waals surface area contributed by atoms with Gasteiger partial charge in [-0.3, -0.25) is 14.5 Å². The molecule has 0 amide bonds. The molecular weight excluding hydrogens is 318 g/mol. The number of ether oxygens (including phenoxy) is 1. The van der Waals surface area contributed by atoms with E-state index in [2.05, 4.69) is 0 Å². The lowest BCUT2D eigenvalue weighted by Gasteiger charge is -2.29. The normalized spacial score (nSPS) is 23.3. The Kier molecular flexibility index (Phi) is 4.86. The minimum absolute atomic E-state index is 0.265. The number of hydrogen-bond acceptors (Lipinski definition) is 4. The molecule has 0 radical (unpaired) electrons. The number of hydrogen-bond donors (Lipinski definition) is 1. The zero-order valence-electron chi connectivity index (χ0n) is 14.1. The fraction of sp³-hybridized carbons (Fsp3) is 0.300. The molecule has 1 heterocycles. The molecule has 0 bridgehead atoms. The number of likely N-dealkylation sites (tertiary alicyclic amines) is 1. The van der Waals surface area contributed by atoms with Gasteiger partial charge in [0.15, 0.2) is 0 Å². The van der Waals surface area contributed by atoms with Crippen molar-refractivity contribution in [1.29, 1.82) is 0 Å². The molecule has 2 aromatic rings. The fourth-order valence-electron chi connectivity index (χ4n) is 3.69. The summed E-state index contributed by atoms with van der Waals surface area (Å²) in [6.07, 6.45) is 0. The van der Waals surface area contributed by atoms with Gasteiger partial charge in [-0.05, 0) is 11.1 Å². The van der Waals surface area contributed by atoms with Crippen LogP contribution in [0.1, 0.15) is 11.1 Å². The Hall–Kier alpha value is -2.66. The first-order valence-corrected chi connectivity index (χ1v) is 8.21.